The van der Waals surface area contributed by atoms with E-state index in [1.165, 1.54) is 18.9 Å². The van der Waals surface area contributed by atoms with Crippen molar-refractivity contribution in [3.05, 3.63) is 59.7 Å². The zero-order valence-electron chi connectivity index (χ0n) is 23.1. The molecule has 40 heavy (non-hydrogen) atoms. The number of hydrogen-bond donors (Lipinski definition) is 3. The lowest BCUT2D eigenvalue weighted by atomic mass is 10.0. The highest BCUT2D eigenvalue weighted by Gasteiger charge is 2.41. The van der Waals surface area contributed by atoms with Crippen LogP contribution in [0.5, 0.6) is 0 Å². The van der Waals surface area contributed by atoms with Crippen molar-refractivity contribution in [2.24, 2.45) is 5.92 Å². The van der Waals surface area contributed by atoms with E-state index in [0.29, 0.717) is 25.2 Å². The number of amides is 3. The molecule has 1 fully saturated rings. The number of ether oxygens (including phenoxy) is 2. The maximum absolute atomic E-state index is 12.9. The van der Waals surface area contributed by atoms with Crippen LogP contribution in [0, 0.1) is 17.2 Å². The summed E-state index contributed by atoms with van der Waals surface area (Å²) in [6.07, 6.45) is 1.67. The number of urea groups is 1. The lowest BCUT2D eigenvalue weighted by Crippen LogP contribution is -2.36. The number of anilines is 2. The highest BCUT2D eigenvalue weighted by atomic mass is 32.2. The molecule has 1 aliphatic heterocycles. The quantitative estimate of drug-likeness (QED) is 0.229. The van der Waals surface area contributed by atoms with Gasteiger partial charge in [0.1, 0.15) is 12.6 Å². The number of rotatable bonds is 14. The average Bonchev–Trinajstić information content (AvgIpc) is 3.26. The van der Waals surface area contributed by atoms with Gasteiger partial charge in [-0.1, -0.05) is 24.3 Å². The minimum Gasteiger partial charge on any atom is -0.465 e. The van der Waals surface area contributed by atoms with E-state index >= 15 is 0 Å². The van der Waals surface area contributed by atoms with E-state index in [9.17, 15) is 19.6 Å². The molecule has 0 saturated carbocycles. The number of nitriles is 1. The second-order valence-corrected chi connectivity index (χ2v) is 10.6. The van der Waals surface area contributed by atoms with Crippen LogP contribution in [-0.4, -0.2) is 67.0 Å². The third kappa shape index (κ3) is 8.89. The molecule has 3 atom stereocenters. The fourth-order valence-electron chi connectivity index (χ4n) is 4.37. The van der Waals surface area contributed by atoms with Gasteiger partial charge in [-0.25, -0.2) is 4.79 Å². The molecule has 0 radical (unpaired) electrons. The van der Waals surface area contributed by atoms with Gasteiger partial charge in [0.2, 0.25) is 5.91 Å². The Labute approximate surface area is 239 Å². The first-order valence-corrected chi connectivity index (χ1v) is 14.3. The summed E-state index contributed by atoms with van der Waals surface area (Å²) in [5, 5.41) is 17.7. The van der Waals surface area contributed by atoms with E-state index in [0.717, 1.165) is 23.2 Å². The van der Waals surface area contributed by atoms with Crippen LogP contribution in [0.4, 0.5) is 16.2 Å². The predicted octanol–water partition coefficient (Wildman–Crippen LogP) is 4.19. The van der Waals surface area contributed by atoms with Gasteiger partial charge < -0.3 is 30.3 Å². The Morgan fingerprint density at radius 3 is 2.30 bits per heavy atom. The van der Waals surface area contributed by atoms with Crippen LogP contribution in [-0.2, 0) is 25.5 Å². The monoisotopic (exact) mass is 567 g/mol. The number of thioether (sulfide) groups is 1. The van der Waals surface area contributed by atoms with Crippen LogP contribution in [0.3, 0.4) is 0 Å². The minimum atomic E-state index is -0.878. The van der Waals surface area contributed by atoms with Gasteiger partial charge in [0.25, 0.3) is 0 Å². The van der Waals surface area contributed by atoms with Crippen molar-refractivity contribution in [3.63, 3.8) is 0 Å². The summed E-state index contributed by atoms with van der Waals surface area (Å²) in [5.74, 6) is -1.36. The number of esters is 1. The van der Waals surface area contributed by atoms with Gasteiger partial charge >= 0.3 is 12.0 Å². The van der Waals surface area contributed by atoms with E-state index in [-0.39, 0.29) is 42.3 Å². The van der Waals surface area contributed by atoms with Crippen LogP contribution in [0.1, 0.15) is 37.8 Å². The van der Waals surface area contributed by atoms with Crippen LogP contribution in [0.25, 0.3) is 0 Å². The fourth-order valence-corrected chi connectivity index (χ4v) is 5.96. The Balaban J connectivity index is 1.46. The number of hydrogen-bond acceptors (Lipinski definition) is 8. The van der Waals surface area contributed by atoms with Crippen molar-refractivity contribution in [2.75, 3.05) is 44.2 Å². The highest BCUT2D eigenvalue weighted by Crippen LogP contribution is 2.37. The molecular formula is C29H37N5O5S. The van der Waals surface area contributed by atoms with Crippen molar-refractivity contribution in [1.82, 2.24) is 10.2 Å². The Morgan fingerprint density at radius 2 is 1.73 bits per heavy atom. The van der Waals surface area contributed by atoms with Gasteiger partial charge in [0, 0.05) is 38.0 Å². The number of carbonyl (C=O) groups excluding carboxylic acids is 3. The van der Waals surface area contributed by atoms with E-state index in [4.69, 9.17) is 9.47 Å². The first-order valence-electron chi connectivity index (χ1n) is 13.4. The zero-order valence-corrected chi connectivity index (χ0v) is 24.0. The summed E-state index contributed by atoms with van der Waals surface area (Å²) >= 11 is 1.52. The average molecular weight is 568 g/mol. The van der Waals surface area contributed by atoms with Crippen LogP contribution in [0.2, 0.25) is 0 Å². The summed E-state index contributed by atoms with van der Waals surface area (Å²) in [6, 6.07) is 17.6. The molecule has 10 nitrogen and oxygen atoms in total. The van der Waals surface area contributed by atoms with E-state index in [1.807, 2.05) is 49.4 Å². The maximum Gasteiger partial charge on any atom is 0.323 e. The summed E-state index contributed by atoms with van der Waals surface area (Å²) < 4.78 is 9.83. The van der Waals surface area contributed by atoms with Crippen LogP contribution < -0.4 is 16.0 Å². The van der Waals surface area contributed by atoms with Gasteiger partial charge in [-0.2, -0.15) is 5.26 Å². The largest absolute Gasteiger partial charge is 0.465 e. The summed E-state index contributed by atoms with van der Waals surface area (Å²) in [6.45, 7) is 5.15. The predicted molar refractivity (Wildman–Crippen MR) is 156 cm³/mol. The third-order valence-corrected chi connectivity index (χ3v) is 7.95. The van der Waals surface area contributed by atoms with Gasteiger partial charge in [-0.15, -0.1) is 11.8 Å². The molecular weight excluding hydrogens is 530 g/mol. The molecule has 1 saturated heterocycles. The standard InChI is InChI=1S/C29H37N5O5S/c1-4-34-26(17-22(18-30)28(36)39-5-2)40-25(27(34)35)14-15-31-23-10-6-20(7-11-23)16-21-8-12-24(13-9-21)33-29(37)32-19-38-3/h6-13,22,25-26,31H,4-5,14-17,19H2,1-3H3,(H2,32,33,37). The van der Waals surface area contributed by atoms with Crippen molar-refractivity contribution < 1.29 is 23.9 Å². The smallest absolute Gasteiger partial charge is 0.323 e. The molecule has 1 heterocycles. The molecule has 3 unspecified atom stereocenters. The molecule has 3 amide bonds. The third-order valence-electron chi connectivity index (χ3n) is 6.42. The SMILES string of the molecule is CCOC(=O)C(C#N)CC1SC(CCNc2ccc(Cc3ccc(NC(=O)NCOC)cc3)cc2)C(=O)N1CC. The number of carbonyl (C=O) groups is 3. The van der Waals surface area contributed by atoms with Crippen molar-refractivity contribution in [2.45, 2.75) is 43.7 Å². The van der Waals surface area contributed by atoms with Gasteiger partial charge in [-0.3, -0.25) is 9.59 Å². The van der Waals surface area contributed by atoms with Crippen molar-refractivity contribution >= 4 is 41.0 Å². The number of nitrogens with zero attached hydrogens (tertiary/aromatic N) is 2. The van der Waals surface area contributed by atoms with E-state index in [1.54, 1.807) is 11.8 Å². The van der Waals surface area contributed by atoms with E-state index in [2.05, 4.69) is 28.1 Å². The van der Waals surface area contributed by atoms with E-state index < -0.39 is 11.9 Å². The molecule has 2 aromatic carbocycles. The number of methoxy groups -OCH3 is 1. The minimum absolute atomic E-state index is 0.0482. The molecule has 0 aromatic heterocycles. The molecule has 214 valence electrons. The maximum atomic E-state index is 12.9. The lowest BCUT2D eigenvalue weighted by Gasteiger charge is -2.23. The molecule has 1 aliphatic rings. The lowest BCUT2D eigenvalue weighted by molar-refractivity contribution is -0.146. The van der Waals surface area contributed by atoms with Gasteiger partial charge in [0.15, 0.2) is 0 Å². The first-order chi connectivity index (χ1) is 19.4. The normalized spacial score (nSPS) is 17.1. The Kier molecular flexibility index (Phi) is 12.1. The van der Waals surface area contributed by atoms with Gasteiger partial charge in [0.05, 0.1) is 23.3 Å². The van der Waals surface area contributed by atoms with Crippen LogP contribution in [0.15, 0.2) is 48.5 Å². The second kappa shape index (κ2) is 15.7. The summed E-state index contributed by atoms with van der Waals surface area (Å²) in [7, 11) is 1.51. The molecule has 11 heteroatoms. The summed E-state index contributed by atoms with van der Waals surface area (Å²) in [5.41, 5.74) is 3.95. The molecule has 0 aliphatic carbocycles. The fraction of sp³-hybridized carbons (Fsp3) is 0.448. The zero-order chi connectivity index (χ0) is 28.9. The Bertz CT molecular complexity index is 1170. The topological polar surface area (TPSA) is 133 Å². The van der Waals surface area contributed by atoms with Crippen LogP contribution >= 0.6 is 11.8 Å². The van der Waals surface area contributed by atoms with Crippen molar-refractivity contribution in [3.8, 4) is 6.07 Å². The van der Waals surface area contributed by atoms with Gasteiger partial charge in [-0.05, 0) is 62.1 Å². The number of benzene rings is 2. The van der Waals surface area contributed by atoms with Crippen molar-refractivity contribution in [1.29, 1.82) is 5.26 Å². The second-order valence-electron chi connectivity index (χ2n) is 9.22. The number of nitrogens with one attached hydrogen (secondary N) is 3. The summed E-state index contributed by atoms with van der Waals surface area (Å²) in [4.78, 5) is 38.5. The Hall–Kier alpha value is -3.75. The molecule has 2 aromatic rings. The first kappa shape index (κ1) is 30.8. The molecule has 0 spiro atoms. The highest BCUT2D eigenvalue weighted by molar-refractivity contribution is 8.01. The molecule has 0 bridgehead atoms. The Morgan fingerprint density at radius 1 is 1.07 bits per heavy atom. The molecule has 3 rings (SSSR count). The molecule has 3 N–H and O–H groups in total.